The molecule has 11 nitrogen and oxygen atoms in total. The van der Waals surface area contributed by atoms with Crippen molar-refractivity contribution in [2.24, 2.45) is 15.8 Å². The van der Waals surface area contributed by atoms with E-state index in [0.29, 0.717) is 31.5 Å². The minimum atomic E-state index is -0.474. The number of nitrogens with zero attached hydrogens (tertiary/aromatic N) is 5. The Morgan fingerprint density at radius 1 is 1.32 bits per heavy atom. The van der Waals surface area contributed by atoms with Crippen LogP contribution in [0.5, 0.6) is 0 Å². The summed E-state index contributed by atoms with van der Waals surface area (Å²) < 4.78 is 18.5. The Kier molecular flexibility index (Phi) is 17.3. The molecular formula is C30H44N8O3. The van der Waals surface area contributed by atoms with E-state index < -0.39 is 6.10 Å². The predicted molar refractivity (Wildman–Crippen MR) is 167 cm³/mol. The van der Waals surface area contributed by atoms with Gasteiger partial charge in [-0.15, -0.1) is 6.42 Å². The first-order valence-corrected chi connectivity index (χ1v) is 13.5. The van der Waals surface area contributed by atoms with Crippen LogP contribution in [0.2, 0.25) is 0 Å². The molecule has 0 aliphatic carbocycles. The van der Waals surface area contributed by atoms with Crippen molar-refractivity contribution in [3.63, 3.8) is 0 Å². The van der Waals surface area contributed by atoms with Gasteiger partial charge in [-0.25, -0.2) is 9.52 Å². The van der Waals surface area contributed by atoms with Gasteiger partial charge in [-0.1, -0.05) is 38.0 Å². The van der Waals surface area contributed by atoms with E-state index in [2.05, 4.69) is 26.4 Å². The van der Waals surface area contributed by atoms with Gasteiger partial charge in [0.1, 0.15) is 30.7 Å². The van der Waals surface area contributed by atoms with E-state index in [1.807, 2.05) is 68.6 Å². The summed E-state index contributed by atoms with van der Waals surface area (Å²) in [6.45, 7) is 9.38. The maximum absolute atomic E-state index is 8.81. The van der Waals surface area contributed by atoms with Crippen LogP contribution in [-0.2, 0) is 20.8 Å². The van der Waals surface area contributed by atoms with E-state index in [9.17, 15) is 0 Å². The fraction of sp³-hybridized carbons (Fsp3) is 0.400. The lowest BCUT2D eigenvalue weighted by atomic mass is 10.1. The number of nitrogens with one attached hydrogen (secondary N) is 2. The maximum atomic E-state index is 8.81. The summed E-state index contributed by atoms with van der Waals surface area (Å²) in [5, 5.41) is 21.8. The van der Waals surface area contributed by atoms with Crippen LogP contribution >= 0.6 is 0 Å². The summed E-state index contributed by atoms with van der Waals surface area (Å²) >= 11 is 0. The van der Waals surface area contributed by atoms with Gasteiger partial charge in [0.05, 0.1) is 17.8 Å². The molecule has 11 heteroatoms. The summed E-state index contributed by atoms with van der Waals surface area (Å²) in [6, 6.07) is 7.78. The number of hydrogen-bond acceptors (Lipinski definition) is 8. The van der Waals surface area contributed by atoms with E-state index in [-0.39, 0.29) is 18.9 Å². The van der Waals surface area contributed by atoms with E-state index in [1.165, 1.54) is 5.01 Å². The maximum Gasteiger partial charge on any atom is 0.212 e. The second kappa shape index (κ2) is 20.5. The summed E-state index contributed by atoms with van der Waals surface area (Å²) in [5.41, 5.74) is 8.27. The van der Waals surface area contributed by atoms with Gasteiger partial charge in [-0.2, -0.15) is 10.2 Å². The minimum absolute atomic E-state index is 0.134. The first-order valence-electron chi connectivity index (χ1n) is 13.5. The van der Waals surface area contributed by atoms with Crippen LogP contribution in [0.25, 0.3) is 5.52 Å². The van der Waals surface area contributed by atoms with Gasteiger partial charge in [-0.05, 0) is 43.7 Å². The number of allylic oxidation sites excluding steroid dienone is 1. The largest absolute Gasteiger partial charge is 0.471 e. The molecule has 0 aliphatic heterocycles. The Bertz CT molecular complexity index is 1250. The zero-order valence-electron chi connectivity index (χ0n) is 25.0. The molecule has 0 radical (unpaired) electrons. The number of rotatable bonds is 15. The Hall–Kier alpha value is -4.40. The molecule has 222 valence electrons. The molecule has 0 amide bonds. The molecule has 2 aromatic heterocycles. The number of methoxy groups -OCH3 is 1. The number of pyridine rings is 1. The van der Waals surface area contributed by atoms with Crippen molar-refractivity contribution in [1.82, 2.24) is 19.9 Å². The van der Waals surface area contributed by atoms with Crippen molar-refractivity contribution in [2.75, 3.05) is 33.9 Å². The van der Waals surface area contributed by atoms with E-state index in [1.54, 1.807) is 32.5 Å². The third kappa shape index (κ3) is 11.7. The molecule has 0 spiro atoms. The van der Waals surface area contributed by atoms with Crippen molar-refractivity contribution in [3.05, 3.63) is 71.9 Å². The highest BCUT2D eigenvalue weighted by atomic mass is 16.5. The Morgan fingerprint density at radius 3 is 2.73 bits per heavy atom. The van der Waals surface area contributed by atoms with Gasteiger partial charge < -0.3 is 25.3 Å². The highest BCUT2D eigenvalue weighted by molar-refractivity contribution is 5.90. The third-order valence-electron chi connectivity index (χ3n) is 5.24. The molecule has 0 saturated carbocycles. The van der Waals surface area contributed by atoms with Crippen LogP contribution in [0.1, 0.15) is 39.8 Å². The number of hydrogen-bond donors (Lipinski definition) is 3. The van der Waals surface area contributed by atoms with Crippen molar-refractivity contribution in [2.45, 2.75) is 46.8 Å². The molecule has 1 atom stereocenters. The highest BCUT2D eigenvalue weighted by Crippen LogP contribution is 2.14. The molecule has 0 bridgehead atoms. The smallest absolute Gasteiger partial charge is 0.212 e. The minimum Gasteiger partial charge on any atom is -0.471 e. The SMILES string of the molecule is C#CC(/C=C\C(=C/COC)CC(=N)N(/N=C/N)/C(=C/C(=NCC)OCc1cccc2ccnn12)NC)OCC.CC. The average Bonchev–Trinajstić information content (AvgIpc) is 3.49. The quantitative estimate of drug-likeness (QED) is 0.0975. The Labute approximate surface area is 244 Å². The molecule has 0 fully saturated rings. The van der Waals surface area contributed by atoms with Crippen molar-refractivity contribution >= 4 is 23.6 Å². The fourth-order valence-corrected chi connectivity index (χ4v) is 3.46. The lowest BCUT2D eigenvalue weighted by Gasteiger charge is -2.23. The third-order valence-corrected chi connectivity index (χ3v) is 5.24. The van der Waals surface area contributed by atoms with Gasteiger partial charge in [0, 0.05) is 46.0 Å². The molecule has 4 N–H and O–H groups in total. The lowest BCUT2D eigenvalue weighted by molar-refractivity contribution is 0.134. The topological polar surface area (TPSA) is 135 Å². The molecule has 2 heterocycles. The van der Waals surface area contributed by atoms with Crippen molar-refractivity contribution in [3.8, 4) is 12.3 Å². The first-order chi connectivity index (χ1) is 20.0. The number of ether oxygens (including phenoxy) is 3. The van der Waals surface area contributed by atoms with Crippen molar-refractivity contribution in [1.29, 1.82) is 5.41 Å². The molecule has 0 aromatic carbocycles. The number of terminal acetylenes is 1. The highest BCUT2D eigenvalue weighted by Gasteiger charge is 2.16. The normalized spacial score (nSPS) is 13.1. The molecule has 0 saturated heterocycles. The number of nitrogens with two attached hydrogens (primary N) is 1. The van der Waals surface area contributed by atoms with Crippen molar-refractivity contribution < 1.29 is 14.2 Å². The Balaban J connectivity index is 0.00000411. The molecule has 2 rings (SSSR count). The number of aliphatic imine (C=N–C) groups is 1. The molecular weight excluding hydrogens is 520 g/mol. The van der Waals surface area contributed by atoms with Gasteiger partial charge in [0.25, 0.3) is 0 Å². The fourth-order valence-electron chi connectivity index (χ4n) is 3.46. The Morgan fingerprint density at radius 2 is 2.10 bits per heavy atom. The summed E-state index contributed by atoms with van der Waals surface area (Å²) in [5.74, 6) is 3.52. The first kappa shape index (κ1) is 34.6. The van der Waals surface area contributed by atoms with Crippen LogP contribution in [0.3, 0.4) is 0 Å². The monoisotopic (exact) mass is 564 g/mol. The molecule has 1 unspecified atom stereocenters. The van der Waals surface area contributed by atoms with Gasteiger partial charge in [-0.3, -0.25) is 10.4 Å². The predicted octanol–water partition coefficient (Wildman–Crippen LogP) is 4.09. The molecule has 2 aromatic rings. The van der Waals surface area contributed by atoms with E-state index in [0.717, 1.165) is 23.1 Å². The van der Waals surface area contributed by atoms with Crippen LogP contribution in [0, 0.1) is 17.8 Å². The van der Waals surface area contributed by atoms with E-state index >= 15 is 0 Å². The van der Waals surface area contributed by atoms with Crippen LogP contribution in [0.15, 0.2) is 76.3 Å². The number of aromatic nitrogens is 2. The van der Waals surface area contributed by atoms with Gasteiger partial charge >= 0.3 is 0 Å². The summed E-state index contributed by atoms with van der Waals surface area (Å²) in [6.07, 6.45) is 15.3. The molecule has 41 heavy (non-hydrogen) atoms. The molecule has 0 aliphatic rings. The second-order valence-corrected chi connectivity index (χ2v) is 7.90. The van der Waals surface area contributed by atoms with Crippen LogP contribution in [-0.4, -0.2) is 72.7 Å². The van der Waals surface area contributed by atoms with E-state index in [4.69, 9.17) is 31.8 Å². The number of fused-ring (bicyclic) bond motifs is 1. The van der Waals surface area contributed by atoms with Crippen LogP contribution in [0.4, 0.5) is 0 Å². The standard InChI is InChI=1S/C28H38N8O3.C2H6/c1-6-25(38-8-3)13-12-22(15-17-37-5)18-26(30)36(34-21-29)27(31-4)19-28(32-7-2)39-20-24-11-9-10-23-14-16-33-35(23)24;1-2/h1,9-16,19,21,25,30-31H,7-8,17-18,20H2,2-5H3,(H2,29,34);1-2H3/b13-12-,22-15+,27-19+,30-26?,32-28?;. The number of hydrazone groups is 1. The second-order valence-electron chi connectivity index (χ2n) is 7.90. The average molecular weight is 565 g/mol. The summed E-state index contributed by atoms with van der Waals surface area (Å²) in [7, 11) is 3.31. The van der Waals surface area contributed by atoms with Crippen LogP contribution < -0.4 is 11.1 Å². The lowest BCUT2D eigenvalue weighted by Crippen LogP contribution is -2.32. The van der Waals surface area contributed by atoms with Gasteiger partial charge in [0.15, 0.2) is 0 Å². The summed E-state index contributed by atoms with van der Waals surface area (Å²) in [4.78, 5) is 4.47. The number of amidine groups is 1. The van der Waals surface area contributed by atoms with Gasteiger partial charge in [0.2, 0.25) is 5.90 Å². The zero-order chi connectivity index (χ0) is 30.5. The zero-order valence-corrected chi connectivity index (χ0v) is 25.0.